The maximum atomic E-state index is 12.9. The van der Waals surface area contributed by atoms with Crippen LogP contribution in [0.4, 0.5) is 13.2 Å². The molecule has 0 saturated heterocycles. The Labute approximate surface area is 202 Å². The van der Waals surface area contributed by atoms with E-state index in [0.29, 0.717) is 31.5 Å². The van der Waals surface area contributed by atoms with E-state index in [1.54, 1.807) is 6.20 Å². The molecule has 1 aliphatic rings. The average Bonchev–Trinajstić information content (AvgIpc) is 3.24. The first-order chi connectivity index (χ1) is 16.5. The Balaban J connectivity index is 0.000000371. The van der Waals surface area contributed by atoms with Crippen LogP contribution in [0.3, 0.4) is 0 Å². The number of aromatic nitrogens is 2. The van der Waals surface area contributed by atoms with Crippen molar-refractivity contribution in [2.75, 3.05) is 0 Å². The molecule has 1 saturated carbocycles. The van der Waals surface area contributed by atoms with Crippen LogP contribution in [0.1, 0.15) is 24.0 Å². The number of ether oxygens (including phenoxy) is 1. The summed E-state index contributed by atoms with van der Waals surface area (Å²) in [5.74, 6) is -2.43. The van der Waals surface area contributed by atoms with Gasteiger partial charge in [-0.05, 0) is 31.0 Å². The molecule has 1 fully saturated rings. The van der Waals surface area contributed by atoms with Crippen molar-refractivity contribution in [1.29, 1.82) is 0 Å². The molecule has 0 atom stereocenters. The molecule has 0 amide bonds. The molecule has 0 bridgehead atoms. The second-order valence-corrected chi connectivity index (χ2v) is 7.98. The first-order valence-corrected chi connectivity index (χ1v) is 10.7. The predicted octanol–water partition coefficient (Wildman–Crippen LogP) is 4.42. The number of pyridine rings is 1. The van der Waals surface area contributed by atoms with Crippen LogP contribution >= 0.6 is 11.6 Å². The van der Waals surface area contributed by atoms with Crippen molar-refractivity contribution in [3.63, 3.8) is 0 Å². The molecule has 8 nitrogen and oxygen atoms in total. The van der Waals surface area contributed by atoms with E-state index in [4.69, 9.17) is 26.6 Å². The molecule has 0 aliphatic heterocycles. The SMILES string of the molecule is FC(F)(F)c1cccc(OC2CC(NCc3cccn4ccnc34)C2)c1Cl.O=C(O)/C=C\C(=O)O. The maximum Gasteiger partial charge on any atom is 0.417 e. The minimum absolute atomic E-state index is 0.0806. The lowest BCUT2D eigenvalue weighted by Gasteiger charge is -2.36. The van der Waals surface area contributed by atoms with Gasteiger partial charge < -0.3 is 24.7 Å². The first kappa shape index (κ1) is 26.0. The lowest BCUT2D eigenvalue weighted by atomic mass is 9.89. The topological polar surface area (TPSA) is 113 Å². The summed E-state index contributed by atoms with van der Waals surface area (Å²) in [4.78, 5) is 23.4. The number of nitrogens with one attached hydrogen (secondary N) is 1. The van der Waals surface area contributed by atoms with Crippen molar-refractivity contribution in [2.45, 2.75) is 37.7 Å². The van der Waals surface area contributed by atoms with Crippen molar-refractivity contribution in [3.8, 4) is 5.75 Å². The van der Waals surface area contributed by atoms with Crippen LogP contribution in [0.25, 0.3) is 5.65 Å². The third-order valence-corrected chi connectivity index (χ3v) is 5.50. The highest BCUT2D eigenvalue weighted by Gasteiger charge is 2.36. The molecule has 3 aromatic rings. The third kappa shape index (κ3) is 7.20. The van der Waals surface area contributed by atoms with Gasteiger partial charge in [0, 0.05) is 48.9 Å². The van der Waals surface area contributed by atoms with Gasteiger partial charge in [0.05, 0.1) is 10.6 Å². The van der Waals surface area contributed by atoms with E-state index in [0.717, 1.165) is 17.3 Å². The second kappa shape index (κ2) is 11.2. The molecule has 35 heavy (non-hydrogen) atoms. The summed E-state index contributed by atoms with van der Waals surface area (Å²) in [7, 11) is 0. The summed E-state index contributed by atoms with van der Waals surface area (Å²) < 4.78 is 46.4. The van der Waals surface area contributed by atoms with Crippen molar-refractivity contribution in [3.05, 3.63) is 77.2 Å². The molecule has 186 valence electrons. The number of hydrogen-bond acceptors (Lipinski definition) is 5. The fourth-order valence-corrected chi connectivity index (χ4v) is 3.65. The van der Waals surface area contributed by atoms with E-state index >= 15 is 0 Å². The number of hydrogen-bond donors (Lipinski definition) is 3. The number of carbonyl (C=O) groups is 2. The fraction of sp³-hybridized carbons (Fsp3) is 0.261. The van der Waals surface area contributed by atoms with Crippen molar-refractivity contribution >= 4 is 29.2 Å². The molecule has 2 aromatic heterocycles. The van der Waals surface area contributed by atoms with Crippen molar-refractivity contribution in [2.24, 2.45) is 0 Å². The normalized spacial score (nSPS) is 17.5. The fourth-order valence-electron chi connectivity index (χ4n) is 3.37. The van der Waals surface area contributed by atoms with Crippen molar-refractivity contribution < 1.29 is 37.7 Å². The van der Waals surface area contributed by atoms with Crippen LogP contribution in [0.15, 0.2) is 61.1 Å². The van der Waals surface area contributed by atoms with Gasteiger partial charge in [-0.2, -0.15) is 13.2 Å². The van der Waals surface area contributed by atoms with Gasteiger partial charge in [-0.15, -0.1) is 0 Å². The number of halogens is 4. The zero-order valence-electron chi connectivity index (χ0n) is 18.1. The van der Waals surface area contributed by atoms with Gasteiger partial charge in [0.1, 0.15) is 17.5 Å². The van der Waals surface area contributed by atoms with Crippen LogP contribution in [-0.2, 0) is 22.3 Å². The van der Waals surface area contributed by atoms with E-state index in [2.05, 4.69) is 10.3 Å². The van der Waals surface area contributed by atoms with E-state index in [-0.39, 0.29) is 22.9 Å². The van der Waals surface area contributed by atoms with E-state index < -0.39 is 23.7 Å². The lowest BCUT2D eigenvalue weighted by molar-refractivity contribution is -0.137. The highest BCUT2D eigenvalue weighted by molar-refractivity contribution is 6.32. The van der Waals surface area contributed by atoms with Gasteiger partial charge in [0.15, 0.2) is 0 Å². The molecule has 2 heterocycles. The number of rotatable bonds is 7. The van der Waals surface area contributed by atoms with Gasteiger partial charge in [-0.1, -0.05) is 23.7 Å². The number of imidazole rings is 1. The number of fused-ring (bicyclic) bond motifs is 1. The van der Waals surface area contributed by atoms with Crippen LogP contribution in [0, 0.1) is 0 Å². The molecule has 0 unspecified atom stereocenters. The predicted molar refractivity (Wildman–Crippen MR) is 120 cm³/mol. The molecule has 0 spiro atoms. The lowest BCUT2D eigenvalue weighted by Crippen LogP contribution is -2.46. The Bertz CT molecular complexity index is 1210. The highest BCUT2D eigenvalue weighted by atomic mass is 35.5. The number of aliphatic carboxylic acids is 2. The van der Waals surface area contributed by atoms with E-state index in [9.17, 15) is 22.8 Å². The third-order valence-electron chi connectivity index (χ3n) is 5.11. The monoisotopic (exact) mass is 511 g/mol. The largest absolute Gasteiger partial charge is 0.489 e. The standard InChI is InChI=1S/C19H17ClF3N3O.C4H4O4/c20-17-15(19(21,22)23)4-1-5-16(17)27-14-9-13(10-14)25-11-12-3-2-7-26-8-6-24-18(12)26;5-3(6)1-2-4(7)8/h1-8,13-14,25H,9-11H2;1-2H,(H,5,6)(H,7,8)/b;2-1-. The van der Waals surface area contributed by atoms with Gasteiger partial charge in [-0.25, -0.2) is 14.6 Å². The number of nitrogens with zero attached hydrogens (tertiary/aromatic N) is 2. The first-order valence-electron chi connectivity index (χ1n) is 10.3. The van der Waals surface area contributed by atoms with Gasteiger partial charge in [-0.3, -0.25) is 0 Å². The molecular weight excluding hydrogens is 491 g/mol. The zero-order valence-corrected chi connectivity index (χ0v) is 18.8. The Morgan fingerprint density at radius 1 is 1.14 bits per heavy atom. The van der Waals surface area contributed by atoms with E-state index in [1.165, 1.54) is 12.1 Å². The second-order valence-electron chi connectivity index (χ2n) is 7.61. The Kier molecular flexibility index (Phi) is 8.36. The van der Waals surface area contributed by atoms with Crippen LogP contribution in [0.2, 0.25) is 5.02 Å². The minimum Gasteiger partial charge on any atom is -0.489 e. The van der Waals surface area contributed by atoms with E-state index in [1.807, 2.05) is 28.9 Å². The number of carboxylic acids is 2. The highest BCUT2D eigenvalue weighted by Crippen LogP contribution is 2.40. The molecule has 1 aliphatic carbocycles. The summed E-state index contributed by atoms with van der Waals surface area (Å²) in [5.41, 5.74) is 1.13. The molecule has 3 N–H and O–H groups in total. The van der Waals surface area contributed by atoms with Gasteiger partial charge in [0.25, 0.3) is 0 Å². The molecule has 1 aromatic carbocycles. The smallest absolute Gasteiger partial charge is 0.417 e. The number of benzene rings is 1. The zero-order chi connectivity index (χ0) is 25.6. The molecule has 4 rings (SSSR count). The van der Waals surface area contributed by atoms with Crippen molar-refractivity contribution in [1.82, 2.24) is 14.7 Å². The summed E-state index contributed by atoms with van der Waals surface area (Å²) in [6, 6.07) is 7.96. The summed E-state index contributed by atoms with van der Waals surface area (Å²) in [5, 5.41) is 18.7. The molecular formula is C23H21ClF3N3O5. The van der Waals surface area contributed by atoms with Crippen LogP contribution < -0.4 is 10.1 Å². The number of carboxylic acid groups (broad SMARTS) is 2. The molecule has 12 heteroatoms. The summed E-state index contributed by atoms with van der Waals surface area (Å²) in [6.07, 6.45) is 3.49. The van der Waals surface area contributed by atoms with Crippen LogP contribution in [0.5, 0.6) is 5.75 Å². The van der Waals surface area contributed by atoms with Gasteiger partial charge >= 0.3 is 18.1 Å². The minimum atomic E-state index is -4.49. The summed E-state index contributed by atoms with van der Waals surface area (Å²) >= 11 is 5.87. The Morgan fingerprint density at radius 3 is 2.46 bits per heavy atom. The Hall–Kier alpha value is -3.57. The number of alkyl halides is 3. The summed E-state index contributed by atoms with van der Waals surface area (Å²) in [6.45, 7) is 0.670. The quantitative estimate of drug-likeness (QED) is 0.402. The Morgan fingerprint density at radius 2 is 1.83 bits per heavy atom. The molecule has 0 radical (unpaired) electrons. The van der Waals surface area contributed by atoms with Gasteiger partial charge in [0.2, 0.25) is 0 Å². The maximum absolute atomic E-state index is 12.9. The average molecular weight is 512 g/mol. The van der Waals surface area contributed by atoms with Crippen LogP contribution in [-0.4, -0.2) is 43.7 Å².